The maximum atomic E-state index is 2.48. The van der Waals surface area contributed by atoms with E-state index >= 15 is 0 Å². The van der Waals surface area contributed by atoms with E-state index in [0.717, 1.165) is 6.42 Å². The van der Waals surface area contributed by atoms with Crippen molar-refractivity contribution in [3.63, 3.8) is 0 Å². The topological polar surface area (TPSA) is 3.24 Å². The molecule has 10 rings (SSSR count). The summed E-state index contributed by atoms with van der Waals surface area (Å²) in [5.74, 6) is 0. The van der Waals surface area contributed by atoms with Crippen LogP contribution in [0.15, 0.2) is 170 Å². The van der Waals surface area contributed by atoms with Gasteiger partial charge in [-0.2, -0.15) is 0 Å². The molecule has 0 radical (unpaired) electrons. The number of anilines is 2. The molecule has 1 heterocycles. The second kappa shape index (κ2) is 11.7. The summed E-state index contributed by atoms with van der Waals surface area (Å²) in [6.07, 6.45) is 9.89. The molecular weight excluding hydrogens is 635 g/mol. The van der Waals surface area contributed by atoms with Gasteiger partial charge in [-0.3, -0.25) is 0 Å². The van der Waals surface area contributed by atoms with Gasteiger partial charge in [0.15, 0.2) is 0 Å². The third-order valence-corrected chi connectivity index (χ3v) is 12.4. The largest absolute Gasteiger partial charge is 0.334 e. The number of fused-ring (bicyclic) bond motifs is 8. The fourth-order valence-electron chi connectivity index (χ4n) is 8.48. The molecule has 1 unspecified atom stereocenters. The molecule has 244 valence electrons. The Bertz CT molecular complexity index is 2690. The lowest BCUT2D eigenvalue weighted by Gasteiger charge is -2.33. The zero-order valence-electron chi connectivity index (χ0n) is 28.8. The molecular formula is C49H37NS. The molecule has 2 heteroatoms. The van der Waals surface area contributed by atoms with Crippen molar-refractivity contribution in [2.45, 2.75) is 31.7 Å². The van der Waals surface area contributed by atoms with Gasteiger partial charge >= 0.3 is 0 Å². The number of allylic oxidation sites excluding steroid dienone is 2. The van der Waals surface area contributed by atoms with Gasteiger partial charge in [0.05, 0.1) is 6.04 Å². The Morgan fingerprint density at radius 3 is 2.12 bits per heavy atom. The minimum absolute atomic E-state index is 0.0672. The van der Waals surface area contributed by atoms with Crippen LogP contribution in [0.5, 0.6) is 0 Å². The van der Waals surface area contributed by atoms with E-state index in [1.54, 1.807) is 0 Å². The zero-order valence-corrected chi connectivity index (χ0v) is 29.6. The minimum atomic E-state index is -0.0672. The first-order chi connectivity index (χ1) is 25.0. The van der Waals surface area contributed by atoms with E-state index in [-0.39, 0.29) is 11.5 Å². The van der Waals surface area contributed by atoms with E-state index in [4.69, 9.17) is 0 Å². The summed E-state index contributed by atoms with van der Waals surface area (Å²) in [6, 6.07) is 54.5. The van der Waals surface area contributed by atoms with Crippen LogP contribution in [0, 0.1) is 0 Å². The molecule has 0 amide bonds. The van der Waals surface area contributed by atoms with Crippen LogP contribution in [-0.4, -0.2) is 6.04 Å². The molecule has 1 atom stereocenters. The summed E-state index contributed by atoms with van der Waals surface area (Å²) in [6.45, 7) is 4.78. The number of hydrogen-bond acceptors (Lipinski definition) is 2. The van der Waals surface area contributed by atoms with Crippen LogP contribution in [0.1, 0.15) is 31.4 Å². The number of thiophene rings is 1. The number of hydrogen-bond donors (Lipinski definition) is 0. The molecule has 2 aliphatic rings. The highest BCUT2D eigenvalue weighted by molar-refractivity contribution is 7.26. The van der Waals surface area contributed by atoms with E-state index in [1.165, 1.54) is 86.8 Å². The second-order valence-electron chi connectivity index (χ2n) is 14.5. The summed E-state index contributed by atoms with van der Waals surface area (Å²) in [5, 5.41) is 5.23. The lowest BCUT2D eigenvalue weighted by molar-refractivity contribution is 0.661. The van der Waals surface area contributed by atoms with Gasteiger partial charge < -0.3 is 4.90 Å². The maximum Gasteiger partial charge on any atom is 0.0559 e. The van der Waals surface area contributed by atoms with Crippen molar-refractivity contribution < 1.29 is 0 Å². The molecule has 0 bridgehead atoms. The fourth-order valence-corrected chi connectivity index (χ4v) is 9.74. The van der Waals surface area contributed by atoms with Crippen LogP contribution in [0.4, 0.5) is 11.4 Å². The standard InChI is InChI=1S/C49H37NS/c1-49(2)44-28-27-42-41-15-9-10-16-46(41)51-48(42)47(44)43-26-22-37(31-45(43)49)34-17-18-36-30-40(25-21-35(36)29-34)50(38-13-7-4-8-14-38)39-23-19-33(20-24-39)32-11-5-3-6-12-32/h3-13,15-31,38H,14H2,1-2H3. The lowest BCUT2D eigenvalue weighted by Crippen LogP contribution is -2.29. The molecule has 8 aromatic rings. The third kappa shape index (κ3) is 4.89. The molecule has 51 heavy (non-hydrogen) atoms. The van der Waals surface area contributed by atoms with E-state index < -0.39 is 0 Å². The Balaban J connectivity index is 1.01. The van der Waals surface area contributed by atoms with Crippen LogP contribution in [0.25, 0.3) is 64.3 Å². The van der Waals surface area contributed by atoms with Gasteiger partial charge in [-0.1, -0.05) is 141 Å². The summed E-state index contributed by atoms with van der Waals surface area (Å²) in [5.41, 5.74) is 13.0. The highest BCUT2D eigenvalue weighted by Crippen LogP contribution is 2.54. The van der Waals surface area contributed by atoms with Crippen LogP contribution < -0.4 is 4.90 Å². The smallest absolute Gasteiger partial charge is 0.0559 e. The van der Waals surface area contributed by atoms with Crippen LogP contribution in [0.2, 0.25) is 0 Å². The summed E-state index contributed by atoms with van der Waals surface area (Å²) in [7, 11) is 0. The first-order valence-electron chi connectivity index (χ1n) is 17.9. The first-order valence-corrected chi connectivity index (χ1v) is 18.8. The Kier molecular flexibility index (Phi) is 6.91. The van der Waals surface area contributed by atoms with E-state index in [0.29, 0.717) is 0 Å². The predicted molar refractivity (Wildman–Crippen MR) is 221 cm³/mol. The van der Waals surface area contributed by atoms with Crippen LogP contribution >= 0.6 is 11.3 Å². The van der Waals surface area contributed by atoms with Crippen molar-refractivity contribution >= 4 is 53.7 Å². The highest BCUT2D eigenvalue weighted by Gasteiger charge is 2.37. The van der Waals surface area contributed by atoms with Gasteiger partial charge in [0.2, 0.25) is 0 Å². The van der Waals surface area contributed by atoms with Gasteiger partial charge in [0, 0.05) is 42.5 Å². The second-order valence-corrected chi connectivity index (χ2v) is 15.5. The molecule has 7 aromatic carbocycles. The Hall–Kier alpha value is -5.70. The van der Waals surface area contributed by atoms with Gasteiger partial charge in [0.1, 0.15) is 0 Å². The van der Waals surface area contributed by atoms with E-state index in [1.807, 2.05) is 11.3 Å². The van der Waals surface area contributed by atoms with Gasteiger partial charge in [-0.25, -0.2) is 0 Å². The van der Waals surface area contributed by atoms with Crippen molar-refractivity contribution in [2.24, 2.45) is 0 Å². The molecule has 0 saturated carbocycles. The van der Waals surface area contributed by atoms with Gasteiger partial charge in [0.25, 0.3) is 0 Å². The number of rotatable bonds is 5. The van der Waals surface area contributed by atoms with Crippen molar-refractivity contribution in [1.82, 2.24) is 0 Å². The lowest BCUT2D eigenvalue weighted by atomic mass is 9.81. The molecule has 2 aliphatic carbocycles. The molecule has 1 aromatic heterocycles. The third-order valence-electron chi connectivity index (χ3n) is 11.2. The Morgan fingerprint density at radius 1 is 0.569 bits per heavy atom. The summed E-state index contributed by atoms with van der Waals surface area (Å²) < 4.78 is 2.77. The van der Waals surface area contributed by atoms with Crippen molar-refractivity contribution in [3.8, 4) is 33.4 Å². The van der Waals surface area contributed by atoms with E-state index in [9.17, 15) is 0 Å². The number of nitrogens with zero attached hydrogens (tertiary/aromatic N) is 1. The maximum absolute atomic E-state index is 2.48. The molecule has 0 spiro atoms. The predicted octanol–water partition coefficient (Wildman–Crippen LogP) is 13.9. The first kappa shape index (κ1) is 30.2. The summed E-state index contributed by atoms with van der Waals surface area (Å²) >= 11 is 1.93. The van der Waals surface area contributed by atoms with Crippen molar-refractivity contribution in [1.29, 1.82) is 0 Å². The number of benzene rings is 7. The monoisotopic (exact) mass is 671 g/mol. The molecule has 0 N–H and O–H groups in total. The van der Waals surface area contributed by atoms with Gasteiger partial charge in [-0.05, 0) is 98.6 Å². The molecule has 0 aliphatic heterocycles. The van der Waals surface area contributed by atoms with Crippen molar-refractivity contribution in [3.05, 3.63) is 181 Å². The molecule has 0 fully saturated rings. The molecule has 1 nitrogen and oxygen atoms in total. The van der Waals surface area contributed by atoms with Gasteiger partial charge in [-0.15, -0.1) is 11.3 Å². The van der Waals surface area contributed by atoms with E-state index in [2.05, 4.69) is 189 Å². The average Bonchev–Trinajstić information content (AvgIpc) is 3.67. The van der Waals surface area contributed by atoms with Crippen molar-refractivity contribution in [2.75, 3.05) is 4.90 Å². The molecule has 0 saturated heterocycles. The fraction of sp³-hybridized carbons (Fsp3) is 0.102. The average molecular weight is 672 g/mol. The Morgan fingerprint density at radius 2 is 1.27 bits per heavy atom. The highest BCUT2D eigenvalue weighted by atomic mass is 32.1. The Labute approximate surface area is 303 Å². The van der Waals surface area contributed by atoms with Crippen LogP contribution in [0.3, 0.4) is 0 Å². The quantitative estimate of drug-likeness (QED) is 0.176. The minimum Gasteiger partial charge on any atom is -0.334 e. The summed E-state index contributed by atoms with van der Waals surface area (Å²) in [4.78, 5) is 2.48. The zero-order chi connectivity index (χ0) is 34.1. The van der Waals surface area contributed by atoms with Crippen LogP contribution in [-0.2, 0) is 5.41 Å². The SMILES string of the molecule is CC1(C)c2cc(-c3ccc4cc(N(c5ccc(-c6ccccc6)cc5)C5C=CC=CC5)ccc4c3)ccc2-c2c1ccc1c2sc2ccccc21. The normalized spacial score (nSPS) is 15.8.